The first-order valence-corrected chi connectivity index (χ1v) is 4.77. The topological polar surface area (TPSA) is 38.2 Å². The average molecular weight is 185 g/mol. The molecule has 0 unspecified atom stereocenters. The van der Waals surface area contributed by atoms with Crippen LogP contribution in [-0.2, 0) is 4.74 Å². The number of morpholine rings is 1. The van der Waals surface area contributed by atoms with E-state index in [1.54, 1.807) is 6.33 Å². The summed E-state index contributed by atoms with van der Waals surface area (Å²) < 4.78 is 9.39. The highest BCUT2D eigenvalue weighted by atomic mass is 32.1. The maximum Gasteiger partial charge on any atom is 0.205 e. The molecule has 1 fully saturated rings. The molecule has 4 nitrogen and oxygen atoms in total. The van der Waals surface area contributed by atoms with Gasteiger partial charge in [-0.2, -0.15) is 4.37 Å². The molecule has 0 aromatic carbocycles. The second kappa shape index (κ2) is 3.37. The monoisotopic (exact) mass is 185 g/mol. The van der Waals surface area contributed by atoms with Crippen molar-refractivity contribution in [3.63, 3.8) is 0 Å². The van der Waals surface area contributed by atoms with Crippen LogP contribution in [0.4, 0.5) is 5.13 Å². The maximum absolute atomic E-state index is 5.42. The first-order chi connectivity index (χ1) is 5.86. The van der Waals surface area contributed by atoms with Crippen molar-refractivity contribution in [2.24, 2.45) is 0 Å². The van der Waals surface area contributed by atoms with E-state index in [4.69, 9.17) is 4.74 Å². The van der Waals surface area contributed by atoms with Gasteiger partial charge in [0.15, 0.2) is 0 Å². The molecule has 1 aromatic heterocycles. The smallest absolute Gasteiger partial charge is 0.205 e. The molecule has 66 valence electrons. The fourth-order valence-electron chi connectivity index (χ4n) is 1.30. The number of aromatic nitrogens is 2. The molecular weight excluding hydrogens is 174 g/mol. The van der Waals surface area contributed by atoms with Crippen LogP contribution in [0, 0.1) is 0 Å². The largest absolute Gasteiger partial charge is 0.375 e. The minimum atomic E-state index is 0.308. The molecule has 0 radical (unpaired) electrons. The van der Waals surface area contributed by atoms with Crippen LogP contribution in [0.15, 0.2) is 6.33 Å². The number of nitrogens with zero attached hydrogens (tertiary/aromatic N) is 3. The zero-order valence-electron chi connectivity index (χ0n) is 6.93. The minimum Gasteiger partial charge on any atom is -0.375 e. The summed E-state index contributed by atoms with van der Waals surface area (Å²) in [5, 5.41) is 1.00. The van der Waals surface area contributed by atoms with Crippen LogP contribution in [0.5, 0.6) is 0 Å². The van der Waals surface area contributed by atoms with Gasteiger partial charge < -0.3 is 9.64 Å². The molecule has 0 spiro atoms. The van der Waals surface area contributed by atoms with Gasteiger partial charge in [-0.3, -0.25) is 0 Å². The fraction of sp³-hybridized carbons (Fsp3) is 0.714. The molecule has 1 saturated heterocycles. The molecule has 0 amide bonds. The third-order valence-electron chi connectivity index (χ3n) is 1.86. The van der Waals surface area contributed by atoms with Gasteiger partial charge in [0.25, 0.3) is 0 Å². The van der Waals surface area contributed by atoms with Gasteiger partial charge in [-0.25, -0.2) is 4.98 Å². The van der Waals surface area contributed by atoms with E-state index in [0.717, 1.165) is 24.8 Å². The predicted octanol–water partition coefficient (Wildman–Crippen LogP) is 0.763. The van der Waals surface area contributed by atoms with Crippen LogP contribution in [0.3, 0.4) is 0 Å². The van der Waals surface area contributed by atoms with Crippen LogP contribution < -0.4 is 4.90 Å². The number of anilines is 1. The Morgan fingerprint density at radius 1 is 1.75 bits per heavy atom. The van der Waals surface area contributed by atoms with Crippen molar-refractivity contribution < 1.29 is 4.74 Å². The number of ether oxygens (including phenoxy) is 1. The van der Waals surface area contributed by atoms with E-state index < -0.39 is 0 Å². The molecule has 12 heavy (non-hydrogen) atoms. The van der Waals surface area contributed by atoms with Crippen molar-refractivity contribution in [2.75, 3.05) is 24.6 Å². The van der Waals surface area contributed by atoms with E-state index in [-0.39, 0.29) is 0 Å². The van der Waals surface area contributed by atoms with Gasteiger partial charge in [-0.1, -0.05) is 0 Å². The summed E-state index contributed by atoms with van der Waals surface area (Å²) in [5.41, 5.74) is 0. The van der Waals surface area contributed by atoms with Crippen LogP contribution in [-0.4, -0.2) is 35.2 Å². The zero-order chi connectivity index (χ0) is 8.39. The molecule has 1 atom stereocenters. The summed E-state index contributed by atoms with van der Waals surface area (Å²) >= 11 is 1.44. The Morgan fingerprint density at radius 2 is 2.67 bits per heavy atom. The maximum atomic E-state index is 5.42. The lowest BCUT2D eigenvalue weighted by molar-refractivity contribution is 0.0532. The third kappa shape index (κ3) is 1.56. The van der Waals surface area contributed by atoms with Gasteiger partial charge in [-0.15, -0.1) is 0 Å². The van der Waals surface area contributed by atoms with Crippen LogP contribution in [0.25, 0.3) is 0 Å². The SMILES string of the molecule is C[C@H]1CN(c2ncns2)CCO1. The normalized spacial score (nSPS) is 24.4. The summed E-state index contributed by atoms with van der Waals surface area (Å²) in [5.74, 6) is 0. The quantitative estimate of drug-likeness (QED) is 0.647. The van der Waals surface area contributed by atoms with Crippen LogP contribution in [0.2, 0.25) is 0 Å². The lowest BCUT2D eigenvalue weighted by atomic mass is 10.3. The molecule has 0 N–H and O–H groups in total. The van der Waals surface area contributed by atoms with E-state index in [1.165, 1.54) is 11.5 Å². The van der Waals surface area contributed by atoms with Crippen LogP contribution >= 0.6 is 11.5 Å². The number of hydrogen-bond donors (Lipinski definition) is 0. The highest BCUT2D eigenvalue weighted by molar-refractivity contribution is 7.09. The Kier molecular flexibility index (Phi) is 2.23. The number of hydrogen-bond acceptors (Lipinski definition) is 5. The molecule has 1 aliphatic heterocycles. The Hall–Kier alpha value is -0.680. The van der Waals surface area contributed by atoms with E-state index in [1.807, 2.05) is 0 Å². The molecule has 0 bridgehead atoms. The Labute approximate surface area is 75.3 Å². The first kappa shape index (κ1) is 7.94. The van der Waals surface area contributed by atoms with Gasteiger partial charge in [0.1, 0.15) is 6.33 Å². The highest BCUT2D eigenvalue weighted by Crippen LogP contribution is 2.17. The lowest BCUT2D eigenvalue weighted by Gasteiger charge is -2.30. The number of rotatable bonds is 1. The van der Waals surface area contributed by atoms with Gasteiger partial charge in [0.05, 0.1) is 12.7 Å². The molecular formula is C7H11N3OS. The first-order valence-electron chi connectivity index (χ1n) is 3.99. The van der Waals surface area contributed by atoms with Crippen molar-refractivity contribution >= 4 is 16.7 Å². The summed E-state index contributed by atoms with van der Waals surface area (Å²) in [7, 11) is 0. The predicted molar refractivity (Wildman–Crippen MR) is 47.5 cm³/mol. The molecule has 0 saturated carbocycles. The molecule has 1 aromatic rings. The molecule has 5 heteroatoms. The molecule has 2 rings (SSSR count). The average Bonchev–Trinajstić information content (AvgIpc) is 2.56. The van der Waals surface area contributed by atoms with Crippen molar-refractivity contribution in [3.05, 3.63) is 6.33 Å². The van der Waals surface area contributed by atoms with Crippen molar-refractivity contribution in [1.29, 1.82) is 0 Å². The Bertz CT molecular complexity index is 239. The van der Waals surface area contributed by atoms with Crippen LogP contribution in [0.1, 0.15) is 6.92 Å². The third-order valence-corrected chi connectivity index (χ3v) is 2.59. The van der Waals surface area contributed by atoms with Gasteiger partial charge in [0.2, 0.25) is 5.13 Å². The van der Waals surface area contributed by atoms with E-state index >= 15 is 0 Å². The summed E-state index contributed by atoms with van der Waals surface area (Å²) in [6.45, 7) is 4.72. The fourth-order valence-corrected chi connectivity index (χ4v) is 1.86. The van der Waals surface area contributed by atoms with Crippen molar-refractivity contribution in [1.82, 2.24) is 9.36 Å². The lowest BCUT2D eigenvalue weighted by Crippen LogP contribution is -2.41. The van der Waals surface area contributed by atoms with E-state index in [9.17, 15) is 0 Å². The van der Waals surface area contributed by atoms with Crippen molar-refractivity contribution in [2.45, 2.75) is 13.0 Å². The Morgan fingerprint density at radius 3 is 3.33 bits per heavy atom. The minimum absolute atomic E-state index is 0.308. The van der Waals surface area contributed by atoms with Crippen molar-refractivity contribution in [3.8, 4) is 0 Å². The zero-order valence-corrected chi connectivity index (χ0v) is 7.75. The summed E-state index contributed by atoms with van der Waals surface area (Å²) in [6.07, 6.45) is 1.91. The molecule has 0 aliphatic carbocycles. The van der Waals surface area contributed by atoms with E-state index in [2.05, 4.69) is 21.2 Å². The highest BCUT2D eigenvalue weighted by Gasteiger charge is 2.18. The molecule has 1 aliphatic rings. The second-order valence-electron chi connectivity index (χ2n) is 2.85. The van der Waals surface area contributed by atoms with Gasteiger partial charge in [-0.05, 0) is 6.92 Å². The summed E-state index contributed by atoms with van der Waals surface area (Å²) in [6, 6.07) is 0. The Balaban J connectivity index is 2.04. The van der Waals surface area contributed by atoms with Gasteiger partial charge >= 0.3 is 0 Å². The van der Waals surface area contributed by atoms with E-state index in [0.29, 0.717) is 6.10 Å². The standard InChI is InChI=1S/C7H11N3OS/c1-6-4-10(2-3-11-6)7-8-5-9-12-7/h5-6H,2-4H2,1H3/t6-/m0/s1. The summed E-state index contributed by atoms with van der Waals surface area (Å²) in [4.78, 5) is 6.37. The second-order valence-corrected chi connectivity index (χ2v) is 3.61. The van der Waals surface area contributed by atoms with Gasteiger partial charge in [0, 0.05) is 24.6 Å². The molecule has 2 heterocycles.